The maximum Gasteiger partial charge on any atom is 0.259 e. The topological polar surface area (TPSA) is 94.0 Å². The van der Waals surface area contributed by atoms with Gasteiger partial charge in [-0.15, -0.1) is 0 Å². The number of carbonyl (C=O) groups is 1. The predicted molar refractivity (Wildman–Crippen MR) is 88.5 cm³/mol. The van der Waals surface area contributed by atoms with E-state index in [0.717, 1.165) is 29.6 Å². The van der Waals surface area contributed by atoms with Crippen molar-refractivity contribution in [3.8, 4) is 0 Å². The van der Waals surface area contributed by atoms with Gasteiger partial charge >= 0.3 is 0 Å². The minimum Gasteiger partial charge on any atom is -0.350 e. The molecule has 0 saturated heterocycles. The number of nitrogens with zero attached hydrogens (tertiary/aromatic N) is 2. The van der Waals surface area contributed by atoms with E-state index in [-0.39, 0.29) is 11.8 Å². The average molecular weight is 316 g/mol. The summed E-state index contributed by atoms with van der Waals surface area (Å²) in [6, 6.07) is 1.89. The van der Waals surface area contributed by atoms with Gasteiger partial charge in [-0.3, -0.25) is 4.79 Å². The lowest BCUT2D eigenvalue weighted by Gasteiger charge is -2.19. The SMILES string of the molecule is CC(C)c1noc2nc(C3CC3)cc(C(=O)NCC(C)(C)N)c12. The van der Waals surface area contributed by atoms with Gasteiger partial charge < -0.3 is 15.6 Å². The van der Waals surface area contributed by atoms with Crippen molar-refractivity contribution >= 4 is 17.0 Å². The molecule has 2 aromatic heterocycles. The minimum atomic E-state index is -0.462. The van der Waals surface area contributed by atoms with Gasteiger partial charge in [0.2, 0.25) is 0 Å². The average Bonchev–Trinajstić information content (AvgIpc) is 3.22. The molecule has 1 aliphatic carbocycles. The first-order chi connectivity index (χ1) is 10.8. The Balaban J connectivity index is 2.04. The molecule has 1 aliphatic rings. The molecule has 1 amide bonds. The third kappa shape index (κ3) is 3.37. The van der Waals surface area contributed by atoms with E-state index in [9.17, 15) is 4.79 Å². The van der Waals surface area contributed by atoms with Gasteiger partial charge in [0.05, 0.1) is 16.6 Å². The van der Waals surface area contributed by atoms with Gasteiger partial charge in [-0.1, -0.05) is 19.0 Å². The second-order valence-corrected chi connectivity index (χ2v) is 7.44. The Morgan fingerprint density at radius 1 is 1.48 bits per heavy atom. The number of nitrogens with two attached hydrogens (primary N) is 1. The second-order valence-electron chi connectivity index (χ2n) is 7.44. The van der Waals surface area contributed by atoms with Crippen LogP contribution in [0.25, 0.3) is 11.1 Å². The quantitative estimate of drug-likeness (QED) is 0.884. The van der Waals surface area contributed by atoms with Crippen molar-refractivity contribution in [1.82, 2.24) is 15.5 Å². The van der Waals surface area contributed by atoms with Crippen molar-refractivity contribution in [2.24, 2.45) is 5.73 Å². The number of aromatic nitrogens is 2. The van der Waals surface area contributed by atoms with Crippen molar-refractivity contribution in [3.05, 3.63) is 23.0 Å². The van der Waals surface area contributed by atoms with Crippen LogP contribution in [-0.2, 0) is 0 Å². The van der Waals surface area contributed by atoms with E-state index in [1.807, 2.05) is 33.8 Å². The summed E-state index contributed by atoms with van der Waals surface area (Å²) in [4.78, 5) is 17.3. The Morgan fingerprint density at radius 2 is 2.17 bits per heavy atom. The molecule has 1 saturated carbocycles. The molecule has 6 heteroatoms. The van der Waals surface area contributed by atoms with Crippen LogP contribution < -0.4 is 11.1 Å². The fourth-order valence-corrected chi connectivity index (χ4v) is 2.56. The zero-order valence-electron chi connectivity index (χ0n) is 14.1. The number of hydrogen-bond acceptors (Lipinski definition) is 5. The normalized spacial score (nSPS) is 15.4. The smallest absolute Gasteiger partial charge is 0.259 e. The molecule has 3 N–H and O–H groups in total. The molecule has 0 atom stereocenters. The van der Waals surface area contributed by atoms with Crippen molar-refractivity contribution < 1.29 is 9.32 Å². The van der Waals surface area contributed by atoms with E-state index >= 15 is 0 Å². The second kappa shape index (κ2) is 5.60. The van der Waals surface area contributed by atoms with Crippen molar-refractivity contribution in [1.29, 1.82) is 0 Å². The van der Waals surface area contributed by atoms with Gasteiger partial charge in [0.15, 0.2) is 0 Å². The van der Waals surface area contributed by atoms with Gasteiger partial charge in [0, 0.05) is 23.7 Å². The molecule has 124 valence electrons. The van der Waals surface area contributed by atoms with Crippen molar-refractivity contribution in [3.63, 3.8) is 0 Å². The van der Waals surface area contributed by atoms with Crippen LogP contribution in [0.1, 0.15) is 74.1 Å². The molecular formula is C17H24N4O2. The highest BCUT2D eigenvalue weighted by Crippen LogP contribution is 2.41. The summed E-state index contributed by atoms with van der Waals surface area (Å²) >= 11 is 0. The number of hydrogen-bond donors (Lipinski definition) is 2. The van der Waals surface area contributed by atoms with Crippen LogP contribution in [0.2, 0.25) is 0 Å². The van der Waals surface area contributed by atoms with Gasteiger partial charge in [-0.05, 0) is 38.7 Å². The van der Waals surface area contributed by atoms with Gasteiger partial charge in [-0.25, -0.2) is 4.98 Å². The van der Waals surface area contributed by atoms with E-state index < -0.39 is 5.54 Å². The number of pyridine rings is 1. The van der Waals surface area contributed by atoms with Crippen LogP contribution in [0.15, 0.2) is 10.6 Å². The Bertz CT molecular complexity index is 739. The lowest BCUT2D eigenvalue weighted by atomic mass is 10.0. The molecule has 3 rings (SSSR count). The fraction of sp³-hybridized carbons (Fsp3) is 0.588. The maximum absolute atomic E-state index is 12.7. The summed E-state index contributed by atoms with van der Waals surface area (Å²) in [6.45, 7) is 8.21. The predicted octanol–water partition coefficient (Wildman–Crippen LogP) is 2.69. The molecule has 2 heterocycles. The molecule has 0 bridgehead atoms. The monoisotopic (exact) mass is 316 g/mol. The van der Waals surface area contributed by atoms with Gasteiger partial charge in [-0.2, -0.15) is 0 Å². The zero-order valence-corrected chi connectivity index (χ0v) is 14.1. The first-order valence-corrected chi connectivity index (χ1v) is 8.13. The Kier molecular flexibility index (Phi) is 3.88. The van der Waals surface area contributed by atoms with E-state index in [1.54, 1.807) is 0 Å². The van der Waals surface area contributed by atoms with E-state index in [0.29, 0.717) is 23.7 Å². The first-order valence-electron chi connectivity index (χ1n) is 8.13. The number of carbonyl (C=O) groups excluding carboxylic acids is 1. The Labute approximate surface area is 135 Å². The van der Waals surface area contributed by atoms with Crippen molar-refractivity contribution in [2.45, 2.75) is 57.9 Å². The molecule has 0 aliphatic heterocycles. The molecule has 0 unspecified atom stereocenters. The molecule has 0 radical (unpaired) electrons. The summed E-state index contributed by atoms with van der Waals surface area (Å²) in [6.07, 6.45) is 2.22. The van der Waals surface area contributed by atoms with Gasteiger partial charge in [0.1, 0.15) is 0 Å². The number of amides is 1. The maximum atomic E-state index is 12.7. The molecule has 0 aromatic carbocycles. The Hall–Kier alpha value is -1.95. The standard InChI is InChI=1S/C17H24N4O2/c1-9(2)14-13-11(15(22)19-8-17(3,4)18)7-12(10-5-6-10)20-16(13)23-21-14/h7,9-10H,5-6,8,18H2,1-4H3,(H,19,22). The number of rotatable bonds is 5. The fourth-order valence-electron chi connectivity index (χ4n) is 2.56. The molecule has 0 spiro atoms. The van der Waals surface area contributed by atoms with Crippen LogP contribution in [0, 0.1) is 0 Å². The highest BCUT2D eigenvalue weighted by Gasteiger charge is 2.29. The highest BCUT2D eigenvalue weighted by atomic mass is 16.5. The van der Waals surface area contributed by atoms with Crippen LogP contribution in [-0.4, -0.2) is 28.1 Å². The van der Waals surface area contributed by atoms with Crippen LogP contribution in [0.3, 0.4) is 0 Å². The minimum absolute atomic E-state index is 0.150. The number of nitrogens with one attached hydrogen (secondary N) is 1. The third-order valence-electron chi connectivity index (χ3n) is 3.98. The molecule has 6 nitrogen and oxygen atoms in total. The highest BCUT2D eigenvalue weighted by molar-refractivity contribution is 6.06. The molecule has 1 fully saturated rings. The molecule has 2 aromatic rings. The van der Waals surface area contributed by atoms with Crippen LogP contribution >= 0.6 is 0 Å². The summed E-state index contributed by atoms with van der Waals surface area (Å²) in [5, 5.41) is 7.76. The van der Waals surface area contributed by atoms with Crippen LogP contribution in [0.5, 0.6) is 0 Å². The van der Waals surface area contributed by atoms with E-state index in [4.69, 9.17) is 10.3 Å². The summed E-state index contributed by atoms with van der Waals surface area (Å²) in [5.41, 5.74) is 8.23. The Morgan fingerprint density at radius 3 is 2.74 bits per heavy atom. The summed E-state index contributed by atoms with van der Waals surface area (Å²) < 4.78 is 5.40. The lowest BCUT2D eigenvalue weighted by molar-refractivity contribution is 0.0947. The molecular weight excluding hydrogens is 292 g/mol. The lowest BCUT2D eigenvalue weighted by Crippen LogP contribution is -2.45. The summed E-state index contributed by atoms with van der Waals surface area (Å²) in [7, 11) is 0. The molecule has 23 heavy (non-hydrogen) atoms. The van der Waals surface area contributed by atoms with E-state index in [2.05, 4.69) is 15.5 Å². The zero-order chi connectivity index (χ0) is 16.8. The van der Waals surface area contributed by atoms with Gasteiger partial charge in [0.25, 0.3) is 11.6 Å². The third-order valence-corrected chi connectivity index (χ3v) is 3.98. The van der Waals surface area contributed by atoms with Crippen molar-refractivity contribution in [2.75, 3.05) is 6.54 Å². The number of fused-ring (bicyclic) bond motifs is 1. The first kappa shape index (κ1) is 15.9. The van der Waals surface area contributed by atoms with E-state index in [1.165, 1.54) is 0 Å². The summed E-state index contributed by atoms with van der Waals surface area (Å²) in [5.74, 6) is 0.440. The largest absolute Gasteiger partial charge is 0.350 e. The van der Waals surface area contributed by atoms with Crippen LogP contribution in [0.4, 0.5) is 0 Å².